The highest BCUT2D eigenvalue weighted by Gasteiger charge is 2.35. The third-order valence-corrected chi connectivity index (χ3v) is 3.61. The molecule has 1 fully saturated rings. The summed E-state index contributed by atoms with van der Waals surface area (Å²) in [6.45, 7) is 3.92. The standard InChI is InChI=1S/C16H20N2O4/c1-10(2)15(20)17-12-5-4-6-13(8-12)18-9-11(7-14(18)19)16(21)22-3/h4-6,8,10-11H,7,9H2,1-3H3,(H,17,20)/t11-/m1/s1. The molecule has 0 spiro atoms. The first-order valence-corrected chi connectivity index (χ1v) is 7.21. The fraction of sp³-hybridized carbons (Fsp3) is 0.438. The Morgan fingerprint density at radius 3 is 2.73 bits per heavy atom. The van der Waals surface area contributed by atoms with Crippen molar-refractivity contribution in [2.24, 2.45) is 11.8 Å². The van der Waals surface area contributed by atoms with Crippen LogP contribution in [0.1, 0.15) is 20.3 Å². The van der Waals surface area contributed by atoms with Gasteiger partial charge in [-0.1, -0.05) is 19.9 Å². The van der Waals surface area contributed by atoms with Gasteiger partial charge in [-0.05, 0) is 18.2 Å². The van der Waals surface area contributed by atoms with Crippen LogP contribution in [0.15, 0.2) is 24.3 Å². The van der Waals surface area contributed by atoms with E-state index in [9.17, 15) is 14.4 Å². The maximum absolute atomic E-state index is 12.1. The normalized spacial score (nSPS) is 17.7. The van der Waals surface area contributed by atoms with E-state index < -0.39 is 5.92 Å². The van der Waals surface area contributed by atoms with E-state index in [1.807, 2.05) is 13.8 Å². The highest BCUT2D eigenvalue weighted by molar-refractivity contribution is 6.00. The molecule has 1 heterocycles. The van der Waals surface area contributed by atoms with Crippen molar-refractivity contribution in [2.75, 3.05) is 23.9 Å². The molecule has 1 aromatic carbocycles. The Balaban J connectivity index is 2.14. The summed E-state index contributed by atoms with van der Waals surface area (Å²) in [6, 6.07) is 7.05. The monoisotopic (exact) mass is 304 g/mol. The van der Waals surface area contributed by atoms with Crippen LogP contribution in [0.3, 0.4) is 0 Å². The first kappa shape index (κ1) is 16.0. The van der Waals surface area contributed by atoms with Crippen molar-refractivity contribution in [1.82, 2.24) is 0 Å². The Bertz CT molecular complexity index is 598. The maximum Gasteiger partial charge on any atom is 0.311 e. The van der Waals surface area contributed by atoms with Crippen molar-refractivity contribution < 1.29 is 19.1 Å². The van der Waals surface area contributed by atoms with Gasteiger partial charge in [0.2, 0.25) is 11.8 Å². The van der Waals surface area contributed by atoms with Crippen LogP contribution in [-0.2, 0) is 19.1 Å². The van der Waals surface area contributed by atoms with Gasteiger partial charge in [-0.2, -0.15) is 0 Å². The molecule has 1 aliphatic heterocycles. The average molecular weight is 304 g/mol. The maximum atomic E-state index is 12.1. The van der Waals surface area contributed by atoms with E-state index in [0.717, 1.165) is 0 Å². The summed E-state index contributed by atoms with van der Waals surface area (Å²) in [7, 11) is 1.32. The number of anilines is 2. The van der Waals surface area contributed by atoms with Crippen LogP contribution in [0.25, 0.3) is 0 Å². The van der Waals surface area contributed by atoms with Gasteiger partial charge in [0, 0.05) is 30.3 Å². The molecule has 118 valence electrons. The van der Waals surface area contributed by atoms with Crippen molar-refractivity contribution >= 4 is 29.2 Å². The quantitative estimate of drug-likeness (QED) is 0.861. The van der Waals surface area contributed by atoms with Crippen molar-refractivity contribution in [3.8, 4) is 0 Å². The Kier molecular flexibility index (Phi) is 4.80. The molecule has 1 N–H and O–H groups in total. The van der Waals surface area contributed by atoms with Gasteiger partial charge in [0.25, 0.3) is 0 Å². The lowest BCUT2D eigenvalue weighted by atomic mass is 10.1. The number of methoxy groups -OCH3 is 1. The van der Waals surface area contributed by atoms with Crippen molar-refractivity contribution in [1.29, 1.82) is 0 Å². The predicted molar refractivity (Wildman–Crippen MR) is 82.4 cm³/mol. The molecular formula is C16H20N2O4. The molecule has 0 bridgehead atoms. The molecule has 0 unspecified atom stereocenters. The van der Waals surface area contributed by atoms with Crippen LogP contribution in [0.2, 0.25) is 0 Å². The molecule has 6 nitrogen and oxygen atoms in total. The summed E-state index contributed by atoms with van der Waals surface area (Å²) in [6.07, 6.45) is 0.148. The van der Waals surface area contributed by atoms with Gasteiger partial charge in [0.15, 0.2) is 0 Å². The predicted octanol–water partition coefficient (Wildman–Crippen LogP) is 1.81. The lowest BCUT2D eigenvalue weighted by Gasteiger charge is -2.18. The molecule has 1 aromatic rings. The molecule has 0 radical (unpaired) electrons. The number of hydrogen-bond acceptors (Lipinski definition) is 4. The van der Waals surface area contributed by atoms with Crippen LogP contribution in [0.5, 0.6) is 0 Å². The highest BCUT2D eigenvalue weighted by atomic mass is 16.5. The van der Waals surface area contributed by atoms with Crippen molar-refractivity contribution in [3.63, 3.8) is 0 Å². The number of carbonyl (C=O) groups is 3. The second kappa shape index (κ2) is 6.60. The van der Waals surface area contributed by atoms with Gasteiger partial charge in [0.1, 0.15) is 0 Å². The van der Waals surface area contributed by atoms with Crippen molar-refractivity contribution in [2.45, 2.75) is 20.3 Å². The lowest BCUT2D eigenvalue weighted by molar-refractivity contribution is -0.145. The molecule has 0 aliphatic carbocycles. The minimum atomic E-state index is -0.439. The number of ether oxygens (including phenoxy) is 1. The Hall–Kier alpha value is -2.37. The number of nitrogens with zero attached hydrogens (tertiary/aromatic N) is 1. The Morgan fingerprint density at radius 1 is 1.36 bits per heavy atom. The number of hydrogen-bond donors (Lipinski definition) is 1. The summed E-state index contributed by atoms with van der Waals surface area (Å²) in [5.41, 5.74) is 1.29. The van der Waals surface area contributed by atoms with Gasteiger partial charge in [-0.25, -0.2) is 0 Å². The summed E-state index contributed by atoms with van der Waals surface area (Å²) >= 11 is 0. The van der Waals surface area contributed by atoms with Crippen LogP contribution in [0.4, 0.5) is 11.4 Å². The number of benzene rings is 1. The number of amides is 2. The van der Waals surface area contributed by atoms with Gasteiger partial charge in [0.05, 0.1) is 13.0 Å². The zero-order valence-electron chi connectivity index (χ0n) is 13.0. The molecule has 22 heavy (non-hydrogen) atoms. The Morgan fingerprint density at radius 2 is 2.09 bits per heavy atom. The SMILES string of the molecule is COC(=O)[C@@H]1CC(=O)N(c2cccc(NC(=O)C(C)C)c2)C1. The zero-order chi connectivity index (χ0) is 16.3. The lowest BCUT2D eigenvalue weighted by Crippen LogP contribution is -2.26. The van der Waals surface area contributed by atoms with Gasteiger partial charge in [-0.3, -0.25) is 14.4 Å². The molecule has 6 heteroatoms. The number of nitrogens with one attached hydrogen (secondary N) is 1. The molecule has 1 saturated heterocycles. The van der Waals surface area contributed by atoms with Crippen LogP contribution in [0, 0.1) is 11.8 Å². The van der Waals surface area contributed by atoms with E-state index in [1.54, 1.807) is 29.2 Å². The summed E-state index contributed by atoms with van der Waals surface area (Å²) < 4.78 is 4.69. The highest BCUT2D eigenvalue weighted by Crippen LogP contribution is 2.27. The third-order valence-electron chi connectivity index (χ3n) is 3.61. The fourth-order valence-electron chi connectivity index (χ4n) is 2.32. The molecule has 2 amide bonds. The number of esters is 1. The van der Waals surface area contributed by atoms with Crippen LogP contribution < -0.4 is 10.2 Å². The van der Waals surface area contributed by atoms with Gasteiger partial charge < -0.3 is 15.0 Å². The first-order valence-electron chi connectivity index (χ1n) is 7.21. The first-order chi connectivity index (χ1) is 10.4. The van der Waals surface area contributed by atoms with Crippen LogP contribution in [-0.4, -0.2) is 31.4 Å². The minimum absolute atomic E-state index is 0.0858. The molecule has 1 atom stereocenters. The second-order valence-electron chi connectivity index (χ2n) is 5.62. The Labute approximate surface area is 129 Å². The van der Waals surface area contributed by atoms with E-state index in [4.69, 9.17) is 4.74 Å². The number of carbonyl (C=O) groups excluding carboxylic acids is 3. The van der Waals surface area contributed by atoms with E-state index in [-0.39, 0.29) is 30.1 Å². The fourth-order valence-corrected chi connectivity index (χ4v) is 2.32. The topological polar surface area (TPSA) is 75.7 Å². The van der Waals surface area contributed by atoms with Crippen LogP contribution >= 0.6 is 0 Å². The molecular weight excluding hydrogens is 284 g/mol. The smallest absolute Gasteiger partial charge is 0.311 e. The van der Waals surface area contributed by atoms with E-state index in [2.05, 4.69) is 5.32 Å². The van der Waals surface area contributed by atoms with E-state index >= 15 is 0 Å². The summed E-state index contributed by atoms with van der Waals surface area (Å²) in [5.74, 6) is -1.15. The van der Waals surface area contributed by atoms with E-state index in [0.29, 0.717) is 17.9 Å². The average Bonchev–Trinajstić information content (AvgIpc) is 2.88. The molecule has 0 aromatic heterocycles. The summed E-state index contributed by atoms with van der Waals surface area (Å²) in [5, 5.41) is 2.80. The van der Waals surface area contributed by atoms with Gasteiger partial charge in [-0.15, -0.1) is 0 Å². The number of rotatable bonds is 4. The third kappa shape index (κ3) is 3.44. The van der Waals surface area contributed by atoms with Gasteiger partial charge >= 0.3 is 5.97 Å². The molecule has 0 saturated carbocycles. The second-order valence-corrected chi connectivity index (χ2v) is 5.62. The zero-order valence-corrected chi connectivity index (χ0v) is 13.0. The minimum Gasteiger partial charge on any atom is -0.469 e. The summed E-state index contributed by atoms with van der Waals surface area (Å²) in [4.78, 5) is 36.9. The largest absolute Gasteiger partial charge is 0.469 e. The van der Waals surface area contributed by atoms with E-state index in [1.165, 1.54) is 7.11 Å². The molecule has 2 rings (SSSR count). The molecule has 1 aliphatic rings. The van der Waals surface area contributed by atoms with Crippen molar-refractivity contribution in [3.05, 3.63) is 24.3 Å².